The van der Waals surface area contributed by atoms with Crippen molar-refractivity contribution in [3.8, 4) is 0 Å². The molecule has 3 rings (SSSR count). The molecule has 3 nitrogen and oxygen atoms in total. The van der Waals surface area contributed by atoms with Crippen LogP contribution in [-0.4, -0.2) is 8.42 Å². The lowest BCUT2D eigenvalue weighted by molar-refractivity contribution is 0.604. The molecule has 114 valence electrons. The lowest BCUT2D eigenvalue weighted by Crippen LogP contribution is -2.11. The van der Waals surface area contributed by atoms with Crippen LogP contribution in [-0.2, 0) is 15.6 Å². The second kappa shape index (κ2) is 6.16. The molecule has 0 bridgehead atoms. The van der Waals surface area contributed by atoms with Crippen LogP contribution in [0.25, 0.3) is 0 Å². The van der Waals surface area contributed by atoms with E-state index in [1.165, 1.54) is 17.2 Å². The standard InChI is InChI=1S/C15H11Cl2NO2S2/c16-11-6-5-10(12(17)7-11)8-21-15-9-22(19,20)14-4-2-1-3-13(14)18-15/h1-7,9,18H,8H2. The number of anilines is 1. The Bertz CT molecular complexity index is 864. The van der Waals surface area contributed by atoms with Crippen molar-refractivity contribution in [1.82, 2.24) is 0 Å². The second-order valence-electron chi connectivity index (χ2n) is 4.67. The van der Waals surface area contributed by atoms with Crippen molar-refractivity contribution in [2.45, 2.75) is 10.6 Å². The molecule has 1 N–H and O–H groups in total. The fourth-order valence-corrected chi connectivity index (χ4v) is 5.16. The fraction of sp³-hybridized carbons (Fsp3) is 0.0667. The van der Waals surface area contributed by atoms with Gasteiger partial charge in [0.25, 0.3) is 0 Å². The van der Waals surface area contributed by atoms with E-state index in [2.05, 4.69) is 5.32 Å². The number of halogens is 2. The summed E-state index contributed by atoms with van der Waals surface area (Å²) in [6, 6.07) is 12.1. The Balaban J connectivity index is 1.81. The minimum atomic E-state index is -3.41. The number of hydrogen-bond donors (Lipinski definition) is 1. The summed E-state index contributed by atoms with van der Waals surface area (Å²) in [5.74, 6) is 0.548. The van der Waals surface area contributed by atoms with Gasteiger partial charge in [-0.15, -0.1) is 11.8 Å². The Labute approximate surface area is 143 Å². The molecule has 0 saturated heterocycles. The maximum atomic E-state index is 12.2. The topological polar surface area (TPSA) is 46.2 Å². The van der Waals surface area contributed by atoms with Gasteiger partial charge in [0, 0.05) is 15.8 Å². The van der Waals surface area contributed by atoms with Crippen LogP contribution in [0.4, 0.5) is 5.69 Å². The molecule has 0 unspecified atom stereocenters. The van der Waals surface area contributed by atoms with E-state index >= 15 is 0 Å². The second-order valence-corrected chi connectivity index (χ2v) is 8.30. The lowest BCUT2D eigenvalue weighted by Gasteiger charge is -2.18. The zero-order valence-electron chi connectivity index (χ0n) is 11.2. The smallest absolute Gasteiger partial charge is 0.204 e. The van der Waals surface area contributed by atoms with Crippen molar-refractivity contribution >= 4 is 50.5 Å². The summed E-state index contributed by atoms with van der Waals surface area (Å²) in [5.41, 5.74) is 1.49. The molecule has 2 aromatic carbocycles. The van der Waals surface area contributed by atoms with Gasteiger partial charge >= 0.3 is 0 Å². The number of fused-ring (bicyclic) bond motifs is 1. The number of hydrogen-bond acceptors (Lipinski definition) is 4. The molecule has 0 amide bonds. The van der Waals surface area contributed by atoms with E-state index in [1.807, 2.05) is 6.07 Å². The average molecular weight is 372 g/mol. The van der Waals surface area contributed by atoms with Crippen LogP contribution in [0, 0.1) is 0 Å². The van der Waals surface area contributed by atoms with Crippen molar-refractivity contribution in [1.29, 1.82) is 0 Å². The van der Waals surface area contributed by atoms with E-state index in [1.54, 1.807) is 36.4 Å². The lowest BCUT2D eigenvalue weighted by atomic mass is 10.2. The summed E-state index contributed by atoms with van der Waals surface area (Å²) in [4.78, 5) is 0.295. The van der Waals surface area contributed by atoms with Crippen molar-refractivity contribution in [3.63, 3.8) is 0 Å². The molecule has 1 aliphatic rings. The van der Waals surface area contributed by atoms with Gasteiger partial charge in [-0.3, -0.25) is 0 Å². The van der Waals surface area contributed by atoms with Gasteiger partial charge in [-0.25, -0.2) is 8.42 Å². The molecule has 7 heteroatoms. The van der Waals surface area contributed by atoms with E-state index in [0.29, 0.717) is 31.4 Å². The van der Waals surface area contributed by atoms with Gasteiger partial charge in [-0.05, 0) is 29.8 Å². The van der Waals surface area contributed by atoms with Crippen molar-refractivity contribution in [3.05, 3.63) is 68.5 Å². The monoisotopic (exact) mass is 371 g/mol. The number of thioether (sulfide) groups is 1. The van der Waals surface area contributed by atoms with Crippen LogP contribution < -0.4 is 5.32 Å². The number of benzene rings is 2. The molecule has 2 aromatic rings. The maximum absolute atomic E-state index is 12.2. The summed E-state index contributed by atoms with van der Waals surface area (Å²) < 4.78 is 24.5. The largest absolute Gasteiger partial charge is 0.349 e. The first-order chi connectivity index (χ1) is 10.5. The van der Waals surface area contributed by atoms with Gasteiger partial charge in [-0.1, -0.05) is 41.4 Å². The van der Waals surface area contributed by atoms with Gasteiger partial charge in [-0.2, -0.15) is 0 Å². The van der Waals surface area contributed by atoms with Gasteiger partial charge in [0.15, 0.2) is 0 Å². The first-order valence-electron chi connectivity index (χ1n) is 6.35. The first-order valence-corrected chi connectivity index (χ1v) is 9.64. The number of sulfone groups is 1. The summed E-state index contributed by atoms with van der Waals surface area (Å²) >= 11 is 13.4. The number of para-hydroxylation sites is 1. The molecule has 0 spiro atoms. The maximum Gasteiger partial charge on any atom is 0.204 e. The highest BCUT2D eigenvalue weighted by atomic mass is 35.5. The van der Waals surface area contributed by atoms with E-state index in [9.17, 15) is 8.42 Å². The summed E-state index contributed by atoms with van der Waals surface area (Å²) in [6.07, 6.45) is 0. The quantitative estimate of drug-likeness (QED) is 0.830. The van der Waals surface area contributed by atoms with Gasteiger partial charge in [0.1, 0.15) is 0 Å². The van der Waals surface area contributed by atoms with Crippen LogP contribution in [0.15, 0.2) is 57.8 Å². The van der Waals surface area contributed by atoms with E-state index in [0.717, 1.165) is 5.56 Å². The summed E-state index contributed by atoms with van der Waals surface area (Å²) in [6.45, 7) is 0. The van der Waals surface area contributed by atoms with Gasteiger partial charge in [0.05, 0.1) is 21.0 Å². The summed E-state index contributed by atoms with van der Waals surface area (Å²) in [5, 5.41) is 6.10. The number of rotatable bonds is 3. The molecular weight excluding hydrogens is 361 g/mol. The molecule has 0 atom stereocenters. The third-order valence-electron chi connectivity index (χ3n) is 3.11. The highest BCUT2D eigenvalue weighted by Crippen LogP contribution is 2.35. The van der Waals surface area contributed by atoms with Crippen LogP contribution in [0.5, 0.6) is 0 Å². The molecule has 0 aromatic heterocycles. The SMILES string of the molecule is O=S1(=O)C=C(SCc2ccc(Cl)cc2Cl)Nc2ccccc21. The third kappa shape index (κ3) is 3.27. The average Bonchev–Trinajstić information content (AvgIpc) is 2.46. The molecule has 0 saturated carbocycles. The van der Waals surface area contributed by atoms with Gasteiger partial charge < -0.3 is 5.32 Å². The Morgan fingerprint density at radius 2 is 1.86 bits per heavy atom. The third-order valence-corrected chi connectivity index (χ3v) is 6.35. The molecule has 22 heavy (non-hydrogen) atoms. The van der Waals surface area contributed by atoms with Crippen LogP contribution in [0.1, 0.15) is 5.56 Å². The molecular formula is C15H11Cl2NO2S2. The zero-order chi connectivity index (χ0) is 15.7. The highest BCUT2D eigenvalue weighted by molar-refractivity contribution is 8.03. The number of nitrogens with one attached hydrogen (secondary N) is 1. The van der Waals surface area contributed by atoms with E-state index < -0.39 is 9.84 Å². The first kappa shape index (κ1) is 15.7. The Kier molecular flexibility index (Phi) is 4.41. The molecule has 1 aliphatic heterocycles. The Morgan fingerprint density at radius 3 is 2.64 bits per heavy atom. The fourth-order valence-electron chi connectivity index (χ4n) is 2.05. The Morgan fingerprint density at radius 1 is 1.09 bits per heavy atom. The van der Waals surface area contributed by atoms with Crippen LogP contribution in [0.3, 0.4) is 0 Å². The molecule has 0 aliphatic carbocycles. The van der Waals surface area contributed by atoms with Crippen molar-refractivity contribution in [2.75, 3.05) is 5.32 Å². The summed E-state index contributed by atoms with van der Waals surface area (Å²) in [7, 11) is -3.41. The van der Waals surface area contributed by atoms with E-state index in [4.69, 9.17) is 23.2 Å². The van der Waals surface area contributed by atoms with Crippen LogP contribution >= 0.6 is 35.0 Å². The van der Waals surface area contributed by atoms with Crippen LogP contribution in [0.2, 0.25) is 10.0 Å². The van der Waals surface area contributed by atoms with Crippen molar-refractivity contribution < 1.29 is 8.42 Å². The minimum Gasteiger partial charge on any atom is -0.349 e. The Hall–Kier alpha value is -1.14. The molecule has 1 heterocycles. The molecule has 0 fully saturated rings. The van der Waals surface area contributed by atoms with E-state index in [-0.39, 0.29) is 0 Å². The van der Waals surface area contributed by atoms with Gasteiger partial charge in [0.2, 0.25) is 9.84 Å². The normalized spacial score (nSPS) is 15.6. The minimum absolute atomic E-state index is 0.295. The predicted octanol–water partition coefficient (Wildman–Crippen LogP) is 4.92. The molecule has 0 radical (unpaired) electrons. The van der Waals surface area contributed by atoms with Crippen molar-refractivity contribution in [2.24, 2.45) is 0 Å². The highest BCUT2D eigenvalue weighted by Gasteiger charge is 2.22. The predicted molar refractivity (Wildman–Crippen MR) is 93.1 cm³/mol. The zero-order valence-corrected chi connectivity index (χ0v) is 14.4.